The minimum absolute atomic E-state index is 0.0592. The third-order valence-corrected chi connectivity index (χ3v) is 14.9. The van der Waals surface area contributed by atoms with Gasteiger partial charge in [0.15, 0.2) is 6.10 Å². The average molecular weight is 956 g/mol. The van der Waals surface area contributed by atoms with E-state index in [-0.39, 0.29) is 30.9 Å². The molecule has 0 radical (unpaired) electrons. The van der Waals surface area contributed by atoms with Gasteiger partial charge in [-0.1, -0.05) is 210 Å². The zero-order chi connectivity index (χ0) is 47.3. The fourth-order valence-electron chi connectivity index (χ4n) is 8.71. The minimum Gasteiger partial charge on any atom is -0.462 e. The number of phosphoric acid groups is 1. The number of ether oxygens (including phenoxy) is 2. The molecule has 0 bridgehead atoms. The van der Waals surface area contributed by atoms with E-state index in [1.54, 1.807) is 12.1 Å². The summed E-state index contributed by atoms with van der Waals surface area (Å²) in [6.07, 6.45) is 30.1. The van der Waals surface area contributed by atoms with Gasteiger partial charge >= 0.3 is 19.8 Å². The summed E-state index contributed by atoms with van der Waals surface area (Å²) in [4.78, 5) is 36.1. The topological polar surface area (TPSA) is 155 Å². The van der Waals surface area contributed by atoms with Crippen molar-refractivity contribution in [1.29, 1.82) is 0 Å². The van der Waals surface area contributed by atoms with Gasteiger partial charge in [0.2, 0.25) is 10.0 Å². The van der Waals surface area contributed by atoms with E-state index in [4.69, 9.17) is 18.5 Å². The number of sulfonamides is 1. The van der Waals surface area contributed by atoms with Crippen molar-refractivity contribution < 1.29 is 46.0 Å². The van der Waals surface area contributed by atoms with Gasteiger partial charge in [-0.2, -0.15) is 0 Å². The maximum Gasteiger partial charge on any atom is 0.472 e. The van der Waals surface area contributed by atoms with Crippen LogP contribution in [-0.2, 0) is 42.7 Å². The molecule has 0 aliphatic rings. The molecule has 0 spiro atoms. The van der Waals surface area contributed by atoms with Gasteiger partial charge in [-0.3, -0.25) is 18.6 Å². The highest BCUT2D eigenvalue weighted by molar-refractivity contribution is 7.89. The van der Waals surface area contributed by atoms with E-state index in [2.05, 4.69) is 18.6 Å². The summed E-state index contributed by atoms with van der Waals surface area (Å²) in [6.45, 7) is 2.81. The third kappa shape index (κ3) is 21.5. The smallest absolute Gasteiger partial charge is 0.462 e. The normalized spacial score (nSPS) is 13.4. The lowest BCUT2D eigenvalue weighted by molar-refractivity contribution is -0.161. The minimum atomic E-state index is -4.72. The van der Waals surface area contributed by atoms with E-state index in [0.29, 0.717) is 12.8 Å². The molecule has 4 aromatic carbocycles. The SMILES string of the molecule is CCCCCCCCCCCCCCCC(=O)OCC(COP(=O)(O)OCCNS(=O)(=O)c1cc2ccc3cccc4ccc(c1)c2c34)OC(=O)CCCCCCCCCCCCCCC. The molecule has 0 heterocycles. The zero-order valence-electron chi connectivity index (χ0n) is 40.4. The van der Waals surface area contributed by atoms with E-state index in [0.717, 1.165) is 70.8 Å². The zero-order valence-corrected chi connectivity index (χ0v) is 42.1. The molecule has 0 aliphatic carbocycles. The summed E-state index contributed by atoms with van der Waals surface area (Å²) in [5.74, 6) is -0.939. The van der Waals surface area contributed by atoms with Crippen molar-refractivity contribution in [3.8, 4) is 0 Å². The standard InChI is InChI=1S/C53H82NO10PS/c1-3-5-7-9-11-13-15-17-19-21-23-25-27-32-50(55)61-42-48(64-51(56)33-28-26-24-22-20-18-16-14-12-10-8-6-4-2)43-63-65(57,58)62-39-38-54-66(59,60)49-40-46-36-34-44-30-29-31-45-35-37-47(41-49)53(46)52(44)45/h29-31,34-37,40-41,48,54H,3-28,32-33,38-39,42-43H2,1-2H3,(H,57,58). The molecule has 0 aromatic heterocycles. The Morgan fingerprint density at radius 1 is 0.561 bits per heavy atom. The summed E-state index contributed by atoms with van der Waals surface area (Å²) in [5.41, 5.74) is 0. The summed E-state index contributed by atoms with van der Waals surface area (Å²) in [5, 5.41) is 5.77. The maximum absolute atomic E-state index is 13.3. The molecule has 370 valence electrons. The maximum atomic E-state index is 13.3. The van der Waals surface area contributed by atoms with Gasteiger partial charge in [0, 0.05) is 19.4 Å². The fraction of sp³-hybridized carbons (Fsp3) is 0.660. The van der Waals surface area contributed by atoms with Gasteiger partial charge in [0.1, 0.15) is 6.61 Å². The second-order valence-corrected chi connectivity index (χ2v) is 21.5. The summed E-state index contributed by atoms with van der Waals surface area (Å²) in [7, 11) is -8.74. The predicted molar refractivity (Wildman–Crippen MR) is 269 cm³/mol. The lowest BCUT2D eigenvalue weighted by Gasteiger charge is -2.20. The first-order valence-electron chi connectivity index (χ1n) is 25.7. The van der Waals surface area contributed by atoms with Gasteiger partial charge in [-0.15, -0.1) is 0 Å². The number of carbonyl (C=O) groups is 2. The lowest BCUT2D eigenvalue weighted by Crippen LogP contribution is -2.30. The van der Waals surface area contributed by atoms with Gasteiger partial charge in [0.25, 0.3) is 0 Å². The Morgan fingerprint density at radius 2 is 0.970 bits per heavy atom. The Labute approximate surface area is 396 Å². The molecule has 13 heteroatoms. The highest BCUT2D eigenvalue weighted by Gasteiger charge is 2.27. The van der Waals surface area contributed by atoms with Crippen molar-refractivity contribution in [1.82, 2.24) is 4.72 Å². The Kier molecular flexibility index (Phi) is 26.8. The Morgan fingerprint density at radius 3 is 1.44 bits per heavy atom. The summed E-state index contributed by atoms with van der Waals surface area (Å²) in [6, 6.07) is 17.0. The van der Waals surface area contributed by atoms with Crippen LogP contribution in [0.15, 0.2) is 59.5 Å². The van der Waals surface area contributed by atoms with E-state index in [1.165, 1.54) is 116 Å². The fourth-order valence-corrected chi connectivity index (χ4v) is 10.5. The summed E-state index contributed by atoms with van der Waals surface area (Å²) < 4.78 is 63.4. The molecule has 0 amide bonds. The van der Waals surface area contributed by atoms with Crippen molar-refractivity contribution in [3.63, 3.8) is 0 Å². The van der Waals surface area contributed by atoms with Crippen molar-refractivity contribution in [2.75, 3.05) is 26.4 Å². The molecular weight excluding hydrogens is 874 g/mol. The van der Waals surface area contributed by atoms with Crippen LogP contribution in [0.1, 0.15) is 194 Å². The van der Waals surface area contributed by atoms with E-state index in [9.17, 15) is 27.5 Å². The number of benzene rings is 4. The van der Waals surface area contributed by atoms with Gasteiger partial charge < -0.3 is 14.4 Å². The van der Waals surface area contributed by atoms with Crippen molar-refractivity contribution in [2.24, 2.45) is 0 Å². The quantitative estimate of drug-likeness (QED) is 0.0190. The number of phosphoric ester groups is 1. The van der Waals surface area contributed by atoms with Gasteiger partial charge in [-0.05, 0) is 57.3 Å². The molecule has 0 aliphatic heterocycles. The molecule has 4 aromatic rings. The number of carbonyl (C=O) groups excluding carboxylic acids is 2. The predicted octanol–water partition coefficient (Wildman–Crippen LogP) is 14.4. The first kappa shape index (κ1) is 55.5. The molecule has 0 fully saturated rings. The van der Waals surface area contributed by atoms with E-state index < -0.39 is 49.1 Å². The van der Waals surface area contributed by atoms with Gasteiger partial charge in [0.05, 0.1) is 18.1 Å². The number of unbranched alkanes of at least 4 members (excludes halogenated alkanes) is 24. The Balaban J connectivity index is 1.17. The summed E-state index contributed by atoms with van der Waals surface area (Å²) >= 11 is 0. The van der Waals surface area contributed by atoms with Gasteiger partial charge in [-0.25, -0.2) is 17.7 Å². The van der Waals surface area contributed by atoms with Crippen LogP contribution in [0.3, 0.4) is 0 Å². The van der Waals surface area contributed by atoms with Crippen molar-refractivity contribution >= 4 is 62.1 Å². The molecule has 66 heavy (non-hydrogen) atoms. The number of rotatable bonds is 40. The van der Waals surface area contributed by atoms with Crippen LogP contribution in [-0.4, -0.2) is 57.7 Å². The third-order valence-electron chi connectivity index (χ3n) is 12.5. The number of hydrogen-bond donors (Lipinski definition) is 2. The highest BCUT2D eigenvalue weighted by Crippen LogP contribution is 2.43. The molecule has 0 saturated carbocycles. The first-order chi connectivity index (χ1) is 32.0. The molecule has 2 unspecified atom stereocenters. The van der Waals surface area contributed by atoms with E-state index >= 15 is 0 Å². The van der Waals surface area contributed by atoms with Crippen LogP contribution in [0.25, 0.3) is 32.3 Å². The number of esters is 2. The van der Waals surface area contributed by atoms with Crippen LogP contribution in [0.4, 0.5) is 0 Å². The molecule has 11 nitrogen and oxygen atoms in total. The van der Waals surface area contributed by atoms with Crippen LogP contribution in [0, 0.1) is 0 Å². The second-order valence-electron chi connectivity index (χ2n) is 18.2. The largest absolute Gasteiger partial charge is 0.472 e. The number of nitrogens with one attached hydrogen (secondary N) is 1. The van der Waals surface area contributed by atoms with Crippen LogP contribution < -0.4 is 4.72 Å². The number of hydrogen-bond acceptors (Lipinski definition) is 9. The first-order valence-corrected chi connectivity index (χ1v) is 28.6. The monoisotopic (exact) mass is 956 g/mol. The van der Waals surface area contributed by atoms with Crippen molar-refractivity contribution in [3.05, 3.63) is 54.6 Å². The lowest BCUT2D eigenvalue weighted by atomic mass is 9.94. The second kappa shape index (κ2) is 31.8. The molecule has 2 atom stereocenters. The molecule has 2 N–H and O–H groups in total. The Bertz CT molecular complexity index is 2060. The van der Waals surface area contributed by atoms with Crippen molar-refractivity contribution in [2.45, 2.75) is 205 Å². The van der Waals surface area contributed by atoms with E-state index in [1.807, 2.05) is 42.5 Å². The van der Waals surface area contributed by atoms with Crippen LogP contribution >= 0.6 is 7.82 Å². The Hall–Kier alpha value is -3.12. The molecule has 4 rings (SSSR count). The average Bonchev–Trinajstić information content (AvgIpc) is 3.31. The van der Waals surface area contributed by atoms with Crippen LogP contribution in [0.5, 0.6) is 0 Å². The highest BCUT2D eigenvalue weighted by atomic mass is 32.2. The molecule has 0 saturated heterocycles. The molecular formula is C53H82NO10PS. The van der Waals surface area contributed by atoms with Crippen LogP contribution in [0.2, 0.25) is 0 Å².